The summed E-state index contributed by atoms with van der Waals surface area (Å²) in [7, 11) is 0. The van der Waals surface area contributed by atoms with Crippen molar-refractivity contribution < 1.29 is 14.3 Å². The molecular formula is C15H22N2O3. The molecule has 1 aliphatic heterocycles. The lowest BCUT2D eigenvalue weighted by molar-refractivity contribution is -0.121. The second-order valence-corrected chi connectivity index (χ2v) is 5.42. The SMILES string of the molecule is CC(NC(C(N)=O)C(C)C)c1ccc2c(c1)OCCO2. The van der Waals surface area contributed by atoms with Crippen LogP contribution < -0.4 is 20.5 Å². The standard InChI is InChI=1S/C15H22N2O3/c1-9(2)14(15(16)18)17-10(3)11-4-5-12-13(8-11)20-7-6-19-12/h4-5,8-10,14,17H,6-7H2,1-3H3,(H2,16,18). The fourth-order valence-corrected chi connectivity index (χ4v) is 2.30. The number of fused-ring (bicyclic) bond motifs is 1. The van der Waals surface area contributed by atoms with Gasteiger partial charge in [-0.2, -0.15) is 0 Å². The van der Waals surface area contributed by atoms with E-state index in [-0.39, 0.29) is 23.9 Å². The van der Waals surface area contributed by atoms with Crippen molar-refractivity contribution >= 4 is 5.91 Å². The highest BCUT2D eigenvalue weighted by atomic mass is 16.6. The molecule has 1 heterocycles. The highest BCUT2D eigenvalue weighted by Gasteiger charge is 2.22. The van der Waals surface area contributed by atoms with Crippen molar-refractivity contribution in [1.29, 1.82) is 0 Å². The number of hydrogen-bond donors (Lipinski definition) is 2. The van der Waals surface area contributed by atoms with Gasteiger partial charge in [-0.3, -0.25) is 10.1 Å². The maximum Gasteiger partial charge on any atom is 0.234 e. The van der Waals surface area contributed by atoms with E-state index in [1.165, 1.54) is 0 Å². The van der Waals surface area contributed by atoms with Crippen LogP contribution in [0.2, 0.25) is 0 Å². The molecule has 0 aromatic heterocycles. The van der Waals surface area contributed by atoms with E-state index in [4.69, 9.17) is 15.2 Å². The molecule has 1 amide bonds. The molecule has 0 fully saturated rings. The average molecular weight is 278 g/mol. The summed E-state index contributed by atoms with van der Waals surface area (Å²) in [5, 5.41) is 3.27. The van der Waals surface area contributed by atoms with E-state index in [0.717, 1.165) is 17.1 Å². The number of primary amides is 1. The molecular weight excluding hydrogens is 256 g/mol. The van der Waals surface area contributed by atoms with Gasteiger partial charge in [0.15, 0.2) is 11.5 Å². The Labute approximate surface area is 119 Å². The quantitative estimate of drug-likeness (QED) is 0.858. The second-order valence-electron chi connectivity index (χ2n) is 5.42. The summed E-state index contributed by atoms with van der Waals surface area (Å²) in [6.45, 7) is 7.09. The molecule has 0 bridgehead atoms. The van der Waals surface area contributed by atoms with Crippen LogP contribution in [0.15, 0.2) is 18.2 Å². The molecule has 1 aromatic rings. The van der Waals surface area contributed by atoms with Crippen molar-refractivity contribution in [2.24, 2.45) is 11.7 Å². The third kappa shape index (κ3) is 3.22. The first kappa shape index (κ1) is 14.7. The third-order valence-corrected chi connectivity index (χ3v) is 3.47. The molecule has 5 heteroatoms. The van der Waals surface area contributed by atoms with Gasteiger partial charge in [-0.1, -0.05) is 19.9 Å². The van der Waals surface area contributed by atoms with E-state index >= 15 is 0 Å². The van der Waals surface area contributed by atoms with Gasteiger partial charge in [0.05, 0.1) is 6.04 Å². The van der Waals surface area contributed by atoms with Gasteiger partial charge in [-0.15, -0.1) is 0 Å². The van der Waals surface area contributed by atoms with Gasteiger partial charge < -0.3 is 15.2 Å². The first-order valence-electron chi connectivity index (χ1n) is 6.94. The summed E-state index contributed by atoms with van der Waals surface area (Å²) < 4.78 is 11.1. The zero-order chi connectivity index (χ0) is 14.7. The van der Waals surface area contributed by atoms with Crippen molar-refractivity contribution in [2.75, 3.05) is 13.2 Å². The van der Waals surface area contributed by atoms with E-state index in [1.807, 2.05) is 39.0 Å². The Hall–Kier alpha value is -1.75. The van der Waals surface area contributed by atoms with Crippen molar-refractivity contribution in [1.82, 2.24) is 5.32 Å². The summed E-state index contributed by atoms with van der Waals surface area (Å²) in [6.07, 6.45) is 0. The van der Waals surface area contributed by atoms with Crippen molar-refractivity contribution in [3.63, 3.8) is 0 Å². The van der Waals surface area contributed by atoms with Crippen LogP contribution in [-0.4, -0.2) is 25.2 Å². The monoisotopic (exact) mass is 278 g/mol. The van der Waals surface area contributed by atoms with Crippen LogP contribution >= 0.6 is 0 Å². The molecule has 0 radical (unpaired) electrons. The number of benzene rings is 1. The largest absolute Gasteiger partial charge is 0.486 e. The van der Waals surface area contributed by atoms with Crippen LogP contribution in [0.5, 0.6) is 11.5 Å². The van der Waals surface area contributed by atoms with Crippen LogP contribution in [0.3, 0.4) is 0 Å². The summed E-state index contributed by atoms with van der Waals surface area (Å²) >= 11 is 0. The number of carbonyl (C=O) groups excluding carboxylic acids is 1. The molecule has 2 atom stereocenters. The Bertz CT molecular complexity index is 488. The summed E-state index contributed by atoms with van der Waals surface area (Å²) in [5.41, 5.74) is 6.47. The number of nitrogens with one attached hydrogen (secondary N) is 1. The highest BCUT2D eigenvalue weighted by molar-refractivity contribution is 5.80. The number of nitrogens with two attached hydrogens (primary N) is 1. The van der Waals surface area contributed by atoms with Crippen molar-refractivity contribution in [2.45, 2.75) is 32.9 Å². The van der Waals surface area contributed by atoms with E-state index in [1.54, 1.807) is 0 Å². The molecule has 110 valence electrons. The maximum atomic E-state index is 11.5. The number of amides is 1. The Balaban J connectivity index is 2.12. The van der Waals surface area contributed by atoms with Crippen molar-refractivity contribution in [3.05, 3.63) is 23.8 Å². The maximum absolute atomic E-state index is 11.5. The van der Waals surface area contributed by atoms with Crippen LogP contribution in [0, 0.1) is 5.92 Å². The molecule has 2 rings (SSSR count). The van der Waals surface area contributed by atoms with Gasteiger partial charge in [0, 0.05) is 6.04 Å². The van der Waals surface area contributed by atoms with E-state index in [0.29, 0.717) is 13.2 Å². The van der Waals surface area contributed by atoms with Gasteiger partial charge >= 0.3 is 0 Å². The summed E-state index contributed by atoms with van der Waals surface area (Å²) in [5.74, 6) is 1.33. The van der Waals surface area contributed by atoms with Gasteiger partial charge in [-0.05, 0) is 30.5 Å². The Morgan fingerprint density at radius 3 is 2.45 bits per heavy atom. The highest BCUT2D eigenvalue weighted by Crippen LogP contribution is 2.32. The Morgan fingerprint density at radius 1 is 1.20 bits per heavy atom. The lowest BCUT2D eigenvalue weighted by Crippen LogP contribution is -2.45. The minimum atomic E-state index is -0.349. The molecule has 0 aliphatic carbocycles. The number of ether oxygens (including phenoxy) is 2. The predicted octanol–water partition coefficient (Wildman–Crippen LogP) is 1.62. The normalized spacial score (nSPS) is 16.8. The Morgan fingerprint density at radius 2 is 1.85 bits per heavy atom. The molecule has 2 unspecified atom stereocenters. The molecule has 0 saturated heterocycles. The molecule has 3 N–H and O–H groups in total. The molecule has 0 saturated carbocycles. The molecule has 1 aromatic carbocycles. The van der Waals surface area contributed by atoms with Crippen LogP contribution in [0.1, 0.15) is 32.4 Å². The first-order chi connectivity index (χ1) is 9.49. The van der Waals surface area contributed by atoms with Crippen LogP contribution in [0.4, 0.5) is 0 Å². The predicted molar refractivity (Wildman–Crippen MR) is 76.8 cm³/mol. The van der Waals surface area contributed by atoms with Gasteiger partial charge in [0.1, 0.15) is 13.2 Å². The molecule has 1 aliphatic rings. The van der Waals surface area contributed by atoms with Gasteiger partial charge in [0.25, 0.3) is 0 Å². The van der Waals surface area contributed by atoms with Crippen LogP contribution in [0.25, 0.3) is 0 Å². The zero-order valence-electron chi connectivity index (χ0n) is 12.2. The van der Waals surface area contributed by atoms with Gasteiger partial charge in [-0.25, -0.2) is 0 Å². The fourth-order valence-electron chi connectivity index (χ4n) is 2.30. The third-order valence-electron chi connectivity index (χ3n) is 3.47. The van der Waals surface area contributed by atoms with Gasteiger partial charge in [0.2, 0.25) is 5.91 Å². The Kier molecular flexibility index (Phi) is 4.49. The second kappa shape index (κ2) is 6.13. The van der Waals surface area contributed by atoms with Crippen LogP contribution in [-0.2, 0) is 4.79 Å². The van der Waals surface area contributed by atoms with E-state index in [9.17, 15) is 4.79 Å². The minimum absolute atomic E-state index is 0.00530. The number of carbonyl (C=O) groups is 1. The fraction of sp³-hybridized carbons (Fsp3) is 0.533. The lowest BCUT2D eigenvalue weighted by atomic mass is 10.0. The molecule has 0 spiro atoms. The topological polar surface area (TPSA) is 73.6 Å². The molecule has 5 nitrogen and oxygen atoms in total. The minimum Gasteiger partial charge on any atom is -0.486 e. The number of hydrogen-bond acceptors (Lipinski definition) is 4. The van der Waals surface area contributed by atoms with E-state index < -0.39 is 0 Å². The van der Waals surface area contributed by atoms with E-state index in [2.05, 4.69) is 5.32 Å². The summed E-state index contributed by atoms with van der Waals surface area (Å²) in [4.78, 5) is 11.5. The summed E-state index contributed by atoms with van der Waals surface area (Å²) in [6, 6.07) is 5.48. The average Bonchev–Trinajstić information content (AvgIpc) is 2.43. The zero-order valence-corrected chi connectivity index (χ0v) is 12.2. The molecule has 20 heavy (non-hydrogen) atoms. The first-order valence-corrected chi connectivity index (χ1v) is 6.94. The van der Waals surface area contributed by atoms with Crippen molar-refractivity contribution in [3.8, 4) is 11.5 Å². The lowest BCUT2D eigenvalue weighted by Gasteiger charge is -2.25. The smallest absolute Gasteiger partial charge is 0.234 e. The number of rotatable bonds is 5.